The van der Waals surface area contributed by atoms with Gasteiger partial charge in [0.25, 0.3) is 0 Å². The van der Waals surface area contributed by atoms with Crippen molar-refractivity contribution in [1.82, 2.24) is 4.98 Å². The highest BCUT2D eigenvalue weighted by Gasteiger charge is 2.22. The molecule has 2 aromatic rings. The van der Waals surface area contributed by atoms with Gasteiger partial charge in [0, 0.05) is 5.02 Å². The third kappa shape index (κ3) is 2.83. The minimum Gasteiger partial charge on any atom is -0.476 e. The van der Waals surface area contributed by atoms with Gasteiger partial charge in [-0.05, 0) is 25.1 Å². The summed E-state index contributed by atoms with van der Waals surface area (Å²) in [6.45, 7) is 1.98. The van der Waals surface area contributed by atoms with Crippen LogP contribution in [0, 0.1) is 0 Å². The van der Waals surface area contributed by atoms with Gasteiger partial charge in [-0.25, -0.2) is 4.79 Å². The van der Waals surface area contributed by atoms with Crippen molar-refractivity contribution in [1.29, 1.82) is 0 Å². The van der Waals surface area contributed by atoms with Gasteiger partial charge in [-0.2, -0.15) is 4.98 Å². The average molecular weight is 302 g/mol. The van der Waals surface area contributed by atoms with Crippen molar-refractivity contribution in [3.8, 4) is 17.4 Å². The number of hydrogen-bond acceptors (Lipinski definition) is 4. The molecule has 0 fully saturated rings. The molecule has 5 nitrogen and oxygen atoms in total. The fourth-order valence-corrected chi connectivity index (χ4v) is 1.94. The van der Waals surface area contributed by atoms with Gasteiger partial charge in [0.15, 0.2) is 0 Å². The maximum Gasteiger partial charge on any atom is 0.362 e. The molecule has 0 aliphatic rings. The first kappa shape index (κ1) is 13.7. The van der Waals surface area contributed by atoms with Gasteiger partial charge in [0.2, 0.25) is 11.6 Å². The molecule has 0 saturated heterocycles. The summed E-state index contributed by atoms with van der Waals surface area (Å²) in [6.07, 6.45) is 0. The molecule has 1 N–H and O–H groups in total. The number of carbonyl (C=O) groups is 1. The summed E-state index contributed by atoms with van der Waals surface area (Å²) in [6, 6.07) is 4.72. The van der Waals surface area contributed by atoms with Crippen LogP contribution in [-0.4, -0.2) is 22.7 Å². The van der Waals surface area contributed by atoms with E-state index in [1.165, 1.54) is 6.07 Å². The van der Waals surface area contributed by atoms with Crippen molar-refractivity contribution in [2.75, 3.05) is 6.61 Å². The van der Waals surface area contributed by atoms with E-state index in [1.54, 1.807) is 19.1 Å². The minimum atomic E-state index is -1.23. The zero-order chi connectivity index (χ0) is 14.0. The lowest BCUT2D eigenvalue weighted by molar-refractivity contribution is 0.0683. The number of oxazole rings is 1. The van der Waals surface area contributed by atoms with E-state index in [2.05, 4.69) is 4.98 Å². The van der Waals surface area contributed by atoms with Crippen LogP contribution in [0.2, 0.25) is 10.0 Å². The molecule has 0 amide bonds. The first-order valence-electron chi connectivity index (χ1n) is 5.35. The number of aromatic nitrogens is 1. The summed E-state index contributed by atoms with van der Waals surface area (Å²) in [5.41, 5.74) is 0.155. The van der Waals surface area contributed by atoms with Gasteiger partial charge in [0.1, 0.15) is 0 Å². The molecular weight excluding hydrogens is 293 g/mol. The molecule has 2 rings (SSSR count). The number of benzene rings is 1. The van der Waals surface area contributed by atoms with Crippen LogP contribution in [0.15, 0.2) is 22.6 Å². The topological polar surface area (TPSA) is 72.6 Å². The van der Waals surface area contributed by atoms with Crippen molar-refractivity contribution < 1.29 is 19.1 Å². The second-order valence-electron chi connectivity index (χ2n) is 3.52. The molecule has 0 unspecified atom stereocenters. The average Bonchev–Trinajstić information content (AvgIpc) is 2.73. The van der Waals surface area contributed by atoms with E-state index in [1.807, 2.05) is 0 Å². The molecule has 19 heavy (non-hydrogen) atoms. The van der Waals surface area contributed by atoms with Crippen LogP contribution in [-0.2, 0) is 0 Å². The van der Waals surface area contributed by atoms with E-state index in [-0.39, 0.29) is 24.1 Å². The number of hydrogen-bond donors (Lipinski definition) is 1. The Balaban J connectivity index is 2.50. The molecule has 1 aromatic carbocycles. The number of carboxylic acid groups (broad SMARTS) is 1. The monoisotopic (exact) mass is 301 g/mol. The molecular formula is C12H9Cl2NO4. The fraction of sp³-hybridized carbons (Fsp3) is 0.167. The van der Waals surface area contributed by atoms with Crippen molar-refractivity contribution >= 4 is 29.2 Å². The predicted molar refractivity (Wildman–Crippen MR) is 70.1 cm³/mol. The maximum absolute atomic E-state index is 11.0. The highest BCUT2D eigenvalue weighted by atomic mass is 35.5. The van der Waals surface area contributed by atoms with Crippen molar-refractivity contribution in [3.63, 3.8) is 0 Å². The molecule has 0 bridgehead atoms. The Kier molecular flexibility index (Phi) is 3.97. The van der Waals surface area contributed by atoms with Crippen LogP contribution in [0.4, 0.5) is 0 Å². The number of halogens is 2. The van der Waals surface area contributed by atoms with Gasteiger partial charge < -0.3 is 14.3 Å². The first-order chi connectivity index (χ1) is 9.02. The zero-order valence-electron chi connectivity index (χ0n) is 9.81. The number of carboxylic acids is 1. The quantitative estimate of drug-likeness (QED) is 0.931. The molecule has 1 aromatic heterocycles. The number of ether oxygens (including phenoxy) is 1. The molecule has 100 valence electrons. The summed E-state index contributed by atoms with van der Waals surface area (Å²) in [5, 5.41) is 9.78. The first-order valence-corrected chi connectivity index (χ1v) is 6.11. The molecule has 0 saturated carbocycles. The molecule has 0 aliphatic heterocycles. The zero-order valence-corrected chi connectivity index (χ0v) is 11.3. The summed E-state index contributed by atoms with van der Waals surface area (Å²) in [5.74, 6) is -1.30. The molecule has 1 heterocycles. The lowest BCUT2D eigenvalue weighted by Crippen LogP contribution is -2.01. The highest BCUT2D eigenvalue weighted by molar-refractivity contribution is 6.36. The molecule has 0 aliphatic carbocycles. The summed E-state index contributed by atoms with van der Waals surface area (Å²) < 4.78 is 10.4. The Morgan fingerprint density at radius 2 is 2.21 bits per heavy atom. The van der Waals surface area contributed by atoms with Gasteiger partial charge in [-0.3, -0.25) is 0 Å². The third-order valence-electron chi connectivity index (χ3n) is 2.24. The highest BCUT2D eigenvalue weighted by Crippen LogP contribution is 2.33. The number of aromatic carboxylic acids is 1. The third-order valence-corrected chi connectivity index (χ3v) is 2.78. The van der Waals surface area contributed by atoms with E-state index in [4.69, 9.17) is 37.5 Å². The molecule has 0 atom stereocenters. The standard InChI is InChI=1S/C12H9Cl2NO4/c1-2-18-12-9(11(16)17)15-10(19-12)7-4-3-6(13)5-8(7)14/h3-5H,2H2,1H3,(H,16,17). The molecule has 0 radical (unpaired) electrons. The van der Waals surface area contributed by atoms with Gasteiger partial charge in [-0.1, -0.05) is 23.2 Å². The van der Waals surface area contributed by atoms with Crippen LogP contribution in [0.25, 0.3) is 11.5 Å². The van der Waals surface area contributed by atoms with Crippen molar-refractivity contribution in [3.05, 3.63) is 33.9 Å². The predicted octanol–water partition coefficient (Wildman–Crippen LogP) is 3.75. The summed E-state index contributed by atoms with van der Waals surface area (Å²) in [7, 11) is 0. The van der Waals surface area contributed by atoms with E-state index in [9.17, 15) is 4.79 Å². The Labute approximate surface area is 118 Å². The van der Waals surface area contributed by atoms with E-state index < -0.39 is 5.97 Å². The Hall–Kier alpha value is -1.72. The van der Waals surface area contributed by atoms with Crippen LogP contribution in [0.3, 0.4) is 0 Å². The van der Waals surface area contributed by atoms with Gasteiger partial charge in [-0.15, -0.1) is 0 Å². The normalized spacial score (nSPS) is 10.5. The van der Waals surface area contributed by atoms with E-state index in [0.29, 0.717) is 15.6 Å². The molecule has 7 heteroatoms. The summed E-state index contributed by atoms with van der Waals surface area (Å²) >= 11 is 11.8. The van der Waals surface area contributed by atoms with Gasteiger partial charge in [0.05, 0.1) is 17.2 Å². The Morgan fingerprint density at radius 3 is 2.79 bits per heavy atom. The van der Waals surface area contributed by atoms with E-state index in [0.717, 1.165) is 0 Å². The number of rotatable bonds is 4. The minimum absolute atomic E-state index is 0.0718. The Bertz CT molecular complexity index is 624. The maximum atomic E-state index is 11.0. The van der Waals surface area contributed by atoms with Gasteiger partial charge >= 0.3 is 11.9 Å². The number of nitrogens with zero attached hydrogens (tertiary/aromatic N) is 1. The second kappa shape index (κ2) is 5.50. The fourth-order valence-electron chi connectivity index (χ4n) is 1.45. The lowest BCUT2D eigenvalue weighted by Gasteiger charge is -1.99. The summed E-state index contributed by atoms with van der Waals surface area (Å²) in [4.78, 5) is 14.9. The van der Waals surface area contributed by atoms with Crippen LogP contribution >= 0.6 is 23.2 Å². The van der Waals surface area contributed by atoms with Crippen molar-refractivity contribution in [2.45, 2.75) is 6.92 Å². The lowest BCUT2D eigenvalue weighted by atomic mass is 10.2. The van der Waals surface area contributed by atoms with E-state index >= 15 is 0 Å². The van der Waals surface area contributed by atoms with Crippen LogP contribution in [0.1, 0.15) is 17.4 Å². The second-order valence-corrected chi connectivity index (χ2v) is 4.36. The smallest absolute Gasteiger partial charge is 0.362 e. The van der Waals surface area contributed by atoms with Crippen LogP contribution < -0.4 is 4.74 Å². The largest absolute Gasteiger partial charge is 0.476 e. The van der Waals surface area contributed by atoms with Crippen LogP contribution in [0.5, 0.6) is 5.95 Å². The SMILES string of the molecule is CCOc1oc(-c2ccc(Cl)cc2Cl)nc1C(=O)O. The Morgan fingerprint density at radius 1 is 1.47 bits per heavy atom. The molecule has 0 spiro atoms. The van der Waals surface area contributed by atoms with Crippen molar-refractivity contribution in [2.24, 2.45) is 0 Å².